The van der Waals surface area contributed by atoms with E-state index in [0.29, 0.717) is 25.2 Å². The number of hydrogen-bond acceptors (Lipinski definition) is 5. The van der Waals surface area contributed by atoms with Gasteiger partial charge in [0.25, 0.3) is 5.91 Å². The van der Waals surface area contributed by atoms with Gasteiger partial charge in [-0.3, -0.25) is 14.5 Å². The van der Waals surface area contributed by atoms with Gasteiger partial charge in [0.05, 0.1) is 16.8 Å². The summed E-state index contributed by atoms with van der Waals surface area (Å²) in [7, 11) is 0. The number of aromatic nitrogens is 2. The number of nitrogens with zero attached hydrogens (tertiary/aromatic N) is 3. The van der Waals surface area contributed by atoms with Crippen LogP contribution in [0.5, 0.6) is 0 Å². The lowest BCUT2D eigenvalue weighted by molar-refractivity contribution is 0.0622. The van der Waals surface area contributed by atoms with Crippen molar-refractivity contribution < 1.29 is 9.59 Å². The van der Waals surface area contributed by atoms with Gasteiger partial charge >= 0.3 is 0 Å². The molecule has 1 saturated heterocycles. The second kappa shape index (κ2) is 7.57. The maximum atomic E-state index is 13.2. The SMILES string of the molecule is Cc1c(C(=O)N2CCN(Cc3nc4ccccc4s3)CC2)[nH]c2c1C(=O)CC(C)(C)C2. The number of thiazole rings is 1. The Bertz CT molecular complexity index is 1130. The number of hydrogen-bond donors (Lipinski definition) is 1. The second-order valence-corrected chi connectivity index (χ2v) is 10.7. The number of benzene rings is 1. The van der Waals surface area contributed by atoms with E-state index in [9.17, 15) is 9.59 Å². The molecular weight excluding hydrogens is 408 g/mol. The lowest BCUT2D eigenvalue weighted by atomic mass is 9.75. The van der Waals surface area contributed by atoms with Crippen LogP contribution in [0.2, 0.25) is 0 Å². The first-order valence-corrected chi connectivity index (χ1v) is 11.7. The van der Waals surface area contributed by atoms with E-state index in [4.69, 9.17) is 4.98 Å². The predicted molar refractivity (Wildman–Crippen MR) is 123 cm³/mol. The lowest BCUT2D eigenvalue weighted by Crippen LogP contribution is -2.48. The molecule has 2 aliphatic rings. The number of Topliss-reactive ketones (excluding diaryl/α,β-unsaturated/α-hetero) is 1. The van der Waals surface area contributed by atoms with Gasteiger partial charge in [-0.1, -0.05) is 26.0 Å². The van der Waals surface area contributed by atoms with E-state index in [1.165, 1.54) is 4.70 Å². The van der Waals surface area contributed by atoms with Gasteiger partial charge in [0.15, 0.2) is 5.78 Å². The minimum absolute atomic E-state index is 0.0112. The van der Waals surface area contributed by atoms with Gasteiger partial charge in [0.1, 0.15) is 10.7 Å². The molecule has 31 heavy (non-hydrogen) atoms. The van der Waals surface area contributed by atoms with E-state index in [1.807, 2.05) is 24.0 Å². The Morgan fingerprint density at radius 3 is 2.65 bits per heavy atom. The van der Waals surface area contributed by atoms with Crippen LogP contribution in [0.15, 0.2) is 24.3 Å². The minimum atomic E-state index is -0.0616. The van der Waals surface area contributed by atoms with Gasteiger partial charge in [-0.25, -0.2) is 4.98 Å². The first-order valence-electron chi connectivity index (χ1n) is 10.9. The van der Waals surface area contributed by atoms with Crippen LogP contribution >= 0.6 is 11.3 Å². The number of H-pyrrole nitrogens is 1. The molecule has 162 valence electrons. The normalized spacial score (nSPS) is 19.1. The second-order valence-electron chi connectivity index (χ2n) is 9.56. The largest absolute Gasteiger partial charge is 0.354 e. The molecule has 2 aromatic heterocycles. The average molecular weight is 437 g/mol. The summed E-state index contributed by atoms with van der Waals surface area (Å²) < 4.78 is 1.22. The molecule has 7 heteroatoms. The molecule has 5 rings (SSSR count). The summed E-state index contributed by atoms with van der Waals surface area (Å²) >= 11 is 1.74. The first kappa shape index (κ1) is 20.4. The molecule has 6 nitrogen and oxygen atoms in total. The molecule has 0 bridgehead atoms. The molecule has 3 heterocycles. The predicted octanol–water partition coefficient (Wildman–Crippen LogP) is 4.05. The fourth-order valence-corrected chi connectivity index (χ4v) is 5.90. The van der Waals surface area contributed by atoms with Crippen LogP contribution in [-0.2, 0) is 13.0 Å². The molecule has 1 N–H and O–H groups in total. The number of rotatable bonds is 3. The number of fused-ring (bicyclic) bond motifs is 2. The molecule has 3 aromatic rings. The standard InChI is InChI=1S/C24H28N4O2S/c1-15-21-17(12-24(2,3)13-18(21)29)26-22(15)23(30)28-10-8-27(9-11-28)14-20-25-16-6-4-5-7-19(16)31-20/h4-7,26H,8-14H2,1-3H3. The molecule has 1 aliphatic carbocycles. The van der Waals surface area contributed by atoms with Gasteiger partial charge in [0.2, 0.25) is 0 Å². The van der Waals surface area contributed by atoms with Crippen LogP contribution in [0, 0.1) is 12.3 Å². The van der Waals surface area contributed by atoms with Crippen molar-refractivity contribution in [3.8, 4) is 0 Å². The van der Waals surface area contributed by atoms with Crippen molar-refractivity contribution in [3.05, 3.63) is 51.8 Å². The first-order chi connectivity index (χ1) is 14.8. The maximum Gasteiger partial charge on any atom is 0.270 e. The number of amides is 1. The molecular formula is C24H28N4O2S. The van der Waals surface area contributed by atoms with Crippen molar-refractivity contribution in [3.63, 3.8) is 0 Å². The Morgan fingerprint density at radius 2 is 1.90 bits per heavy atom. The highest BCUT2D eigenvalue weighted by molar-refractivity contribution is 7.18. The van der Waals surface area contributed by atoms with E-state index in [1.54, 1.807) is 11.3 Å². The Morgan fingerprint density at radius 1 is 1.16 bits per heavy atom. The summed E-state index contributed by atoms with van der Waals surface area (Å²) in [5, 5.41) is 1.12. The Hall–Kier alpha value is -2.51. The number of carbonyl (C=O) groups is 2. The summed E-state index contributed by atoms with van der Waals surface area (Å²) in [5.74, 6) is 0.164. The lowest BCUT2D eigenvalue weighted by Gasteiger charge is -2.34. The molecule has 1 aromatic carbocycles. The number of para-hydroxylation sites is 1. The van der Waals surface area contributed by atoms with E-state index in [0.717, 1.165) is 53.4 Å². The molecule has 0 atom stereocenters. The molecule has 0 unspecified atom stereocenters. The van der Waals surface area contributed by atoms with Crippen molar-refractivity contribution in [2.24, 2.45) is 5.41 Å². The fourth-order valence-electron chi connectivity index (χ4n) is 4.89. The van der Waals surface area contributed by atoms with Crippen LogP contribution in [0.3, 0.4) is 0 Å². The average Bonchev–Trinajstić information content (AvgIpc) is 3.27. The zero-order chi connectivity index (χ0) is 21.8. The molecule has 1 aliphatic heterocycles. The maximum absolute atomic E-state index is 13.2. The van der Waals surface area contributed by atoms with Gasteiger partial charge in [-0.2, -0.15) is 0 Å². The van der Waals surface area contributed by atoms with Crippen LogP contribution in [0.25, 0.3) is 10.2 Å². The Kier molecular flexibility index (Phi) is 4.98. The minimum Gasteiger partial charge on any atom is -0.354 e. The summed E-state index contributed by atoms with van der Waals surface area (Å²) in [6.07, 6.45) is 1.34. The highest BCUT2D eigenvalue weighted by atomic mass is 32.1. The number of nitrogens with one attached hydrogen (secondary N) is 1. The van der Waals surface area contributed by atoms with E-state index < -0.39 is 0 Å². The summed E-state index contributed by atoms with van der Waals surface area (Å²) in [5.41, 5.74) is 4.08. The highest BCUT2D eigenvalue weighted by Crippen LogP contribution is 2.37. The van der Waals surface area contributed by atoms with Crippen molar-refractivity contribution in [1.29, 1.82) is 0 Å². The van der Waals surface area contributed by atoms with Crippen LogP contribution < -0.4 is 0 Å². The van der Waals surface area contributed by atoms with Gasteiger partial charge in [-0.15, -0.1) is 11.3 Å². The van der Waals surface area contributed by atoms with Crippen molar-refractivity contribution in [1.82, 2.24) is 19.8 Å². The van der Waals surface area contributed by atoms with Crippen molar-refractivity contribution in [2.75, 3.05) is 26.2 Å². The quantitative estimate of drug-likeness (QED) is 0.673. The van der Waals surface area contributed by atoms with Crippen molar-refractivity contribution >= 4 is 33.2 Å². The van der Waals surface area contributed by atoms with Crippen LogP contribution in [0.1, 0.15) is 57.4 Å². The van der Waals surface area contributed by atoms with Gasteiger partial charge in [-0.05, 0) is 36.5 Å². The Labute approximate surface area is 186 Å². The third-order valence-corrected chi connectivity index (χ3v) is 7.49. The van der Waals surface area contributed by atoms with Crippen LogP contribution in [-0.4, -0.2) is 57.6 Å². The number of piperazine rings is 1. The molecule has 0 radical (unpaired) electrons. The fraction of sp³-hybridized carbons (Fsp3) is 0.458. The molecule has 1 fully saturated rings. The van der Waals surface area contributed by atoms with E-state index in [2.05, 4.69) is 35.9 Å². The molecule has 0 saturated carbocycles. The van der Waals surface area contributed by atoms with Crippen molar-refractivity contribution in [2.45, 2.75) is 40.2 Å². The monoisotopic (exact) mass is 436 g/mol. The number of aromatic amines is 1. The Balaban J connectivity index is 1.26. The smallest absolute Gasteiger partial charge is 0.270 e. The third kappa shape index (κ3) is 3.81. The van der Waals surface area contributed by atoms with E-state index in [-0.39, 0.29) is 17.1 Å². The van der Waals surface area contributed by atoms with E-state index >= 15 is 0 Å². The summed E-state index contributed by atoms with van der Waals surface area (Å²) in [6.45, 7) is 9.97. The molecule has 1 amide bonds. The van der Waals surface area contributed by atoms with Crippen LogP contribution in [0.4, 0.5) is 0 Å². The molecule has 0 spiro atoms. The van der Waals surface area contributed by atoms with Gasteiger partial charge in [0, 0.05) is 43.9 Å². The summed E-state index contributed by atoms with van der Waals surface area (Å²) in [6, 6.07) is 8.22. The number of carbonyl (C=O) groups excluding carboxylic acids is 2. The zero-order valence-corrected chi connectivity index (χ0v) is 19.1. The third-order valence-electron chi connectivity index (χ3n) is 6.47. The van der Waals surface area contributed by atoms with Gasteiger partial charge < -0.3 is 9.88 Å². The highest BCUT2D eigenvalue weighted by Gasteiger charge is 2.36. The summed E-state index contributed by atoms with van der Waals surface area (Å²) in [4.78, 5) is 38.2. The zero-order valence-electron chi connectivity index (χ0n) is 18.3. The topological polar surface area (TPSA) is 69.3 Å². The number of ketones is 1.